The molecule has 0 radical (unpaired) electrons. The maximum absolute atomic E-state index is 11.0. The summed E-state index contributed by atoms with van der Waals surface area (Å²) in [6.45, 7) is 13.5. The molecular formula is C16H26O2S. The van der Waals surface area contributed by atoms with Crippen LogP contribution in [0.2, 0.25) is 0 Å². The molecule has 2 atom stereocenters. The number of rotatable bonds is 3. The smallest absolute Gasteiger partial charge is 0.186 e. The fourth-order valence-corrected chi connectivity index (χ4v) is 2.72. The van der Waals surface area contributed by atoms with Crippen LogP contribution in [-0.2, 0) is 11.1 Å². The second-order valence-corrected chi connectivity index (χ2v) is 8.47. The molecule has 2 nitrogen and oxygen atoms in total. The van der Waals surface area contributed by atoms with Gasteiger partial charge in [-0.1, -0.05) is 53.7 Å². The fourth-order valence-electron chi connectivity index (χ4n) is 2.35. The third-order valence-corrected chi connectivity index (χ3v) is 4.02. The maximum Gasteiger partial charge on any atom is 0.186 e. The molecule has 0 aliphatic carbocycles. The van der Waals surface area contributed by atoms with Gasteiger partial charge in [0.05, 0.1) is 4.90 Å². The summed E-state index contributed by atoms with van der Waals surface area (Å²) in [5.74, 6) is 0.439. The van der Waals surface area contributed by atoms with Crippen molar-refractivity contribution in [2.24, 2.45) is 10.8 Å². The molecule has 1 N–H and O–H groups in total. The summed E-state index contributed by atoms with van der Waals surface area (Å²) in [5, 5.41) is 0. The zero-order chi connectivity index (χ0) is 14.8. The summed E-state index contributed by atoms with van der Waals surface area (Å²) in [6, 6.07) is 7.50. The summed E-state index contributed by atoms with van der Waals surface area (Å²) in [7, 11) is 0. The maximum atomic E-state index is 11.0. The van der Waals surface area contributed by atoms with E-state index in [2.05, 4.69) is 41.5 Å². The quantitative estimate of drug-likeness (QED) is 0.806. The Morgan fingerprint density at radius 3 is 1.84 bits per heavy atom. The molecule has 1 aromatic rings. The fraction of sp³-hybridized carbons (Fsp3) is 0.625. The summed E-state index contributed by atoms with van der Waals surface area (Å²) >= 11 is -1.89. The lowest BCUT2D eigenvalue weighted by Gasteiger charge is -2.36. The van der Waals surface area contributed by atoms with Crippen molar-refractivity contribution in [2.45, 2.75) is 58.8 Å². The van der Waals surface area contributed by atoms with Crippen molar-refractivity contribution in [2.75, 3.05) is 0 Å². The first-order valence-electron chi connectivity index (χ1n) is 6.71. The van der Waals surface area contributed by atoms with Crippen LogP contribution in [0.3, 0.4) is 0 Å². The largest absolute Gasteiger partial charge is 0.302 e. The normalized spacial score (nSPS) is 16.2. The van der Waals surface area contributed by atoms with E-state index in [0.717, 1.165) is 6.42 Å². The molecule has 0 amide bonds. The van der Waals surface area contributed by atoms with Gasteiger partial charge in [0.25, 0.3) is 0 Å². The van der Waals surface area contributed by atoms with Crippen LogP contribution in [-0.4, -0.2) is 8.76 Å². The Hall–Kier alpha value is -0.670. The molecule has 0 bridgehead atoms. The Labute approximate surface area is 119 Å². The van der Waals surface area contributed by atoms with E-state index >= 15 is 0 Å². The Balaban J connectivity index is 3.08. The Morgan fingerprint density at radius 1 is 1.05 bits per heavy atom. The van der Waals surface area contributed by atoms with E-state index in [1.54, 1.807) is 12.1 Å². The lowest BCUT2D eigenvalue weighted by atomic mass is 9.69. The molecule has 0 aromatic heterocycles. The van der Waals surface area contributed by atoms with E-state index in [1.807, 2.05) is 12.1 Å². The van der Waals surface area contributed by atoms with Crippen LogP contribution in [0, 0.1) is 10.8 Å². The average molecular weight is 282 g/mol. The lowest BCUT2D eigenvalue weighted by molar-refractivity contribution is 0.229. The Morgan fingerprint density at radius 2 is 1.53 bits per heavy atom. The summed E-state index contributed by atoms with van der Waals surface area (Å²) in [5.41, 5.74) is 1.68. The highest BCUT2D eigenvalue weighted by Gasteiger charge is 2.30. The SMILES string of the molecule is CC(C)(C)CC(c1ccc(S(=O)O)cc1)C(C)(C)C. The summed E-state index contributed by atoms with van der Waals surface area (Å²) in [6.07, 6.45) is 1.10. The highest BCUT2D eigenvalue weighted by Crippen LogP contribution is 2.43. The monoisotopic (exact) mass is 282 g/mol. The second kappa shape index (κ2) is 5.76. The van der Waals surface area contributed by atoms with E-state index < -0.39 is 11.1 Å². The topological polar surface area (TPSA) is 37.3 Å². The van der Waals surface area contributed by atoms with Crippen molar-refractivity contribution in [1.29, 1.82) is 0 Å². The molecule has 0 fully saturated rings. The van der Waals surface area contributed by atoms with Crippen molar-refractivity contribution in [3.05, 3.63) is 29.8 Å². The standard InChI is InChI=1S/C16H26O2S/c1-15(2,3)11-14(16(4,5)6)12-7-9-13(10-8-12)19(17)18/h7-10,14H,11H2,1-6H3,(H,17,18). The van der Waals surface area contributed by atoms with Crippen LogP contribution in [0.25, 0.3) is 0 Å². The third-order valence-electron chi connectivity index (χ3n) is 3.35. The highest BCUT2D eigenvalue weighted by molar-refractivity contribution is 7.79. The molecule has 1 rings (SSSR count). The average Bonchev–Trinajstić information content (AvgIpc) is 2.23. The van der Waals surface area contributed by atoms with Gasteiger partial charge in [-0.3, -0.25) is 0 Å². The van der Waals surface area contributed by atoms with Crippen LogP contribution in [0.5, 0.6) is 0 Å². The minimum absolute atomic E-state index is 0.174. The van der Waals surface area contributed by atoms with Gasteiger partial charge in [0.2, 0.25) is 0 Å². The first-order chi connectivity index (χ1) is 8.50. The molecule has 108 valence electrons. The van der Waals surface area contributed by atoms with Crippen molar-refractivity contribution in [3.8, 4) is 0 Å². The molecule has 0 heterocycles. The van der Waals surface area contributed by atoms with E-state index in [0.29, 0.717) is 10.8 Å². The van der Waals surface area contributed by atoms with Gasteiger partial charge in [-0.2, -0.15) is 0 Å². The molecule has 0 saturated heterocycles. The second-order valence-electron chi connectivity index (χ2n) is 7.50. The Bertz CT molecular complexity index is 435. The van der Waals surface area contributed by atoms with Gasteiger partial charge in [0.15, 0.2) is 11.1 Å². The predicted molar refractivity (Wildman–Crippen MR) is 81.7 cm³/mol. The van der Waals surface area contributed by atoms with E-state index in [1.165, 1.54) is 5.56 Å². The summed E-state index contributed by atoms with van der Waals surface area (Å²) in [4.78, 5) is 0.465. The molecule has 0 saturated carbocycles. The number of benzene rings is 1. The summed E-state index contributed by atoms with van der Waals surface area (Å²) < 4.78 is 20.1. The van der Waals surface area contributed by atoms with Crippen LogP contribution >= 0.6 is 0 Å². The van der Waals surface area contributed by atoms with Crippen LogP contribution in [0.4, 0.5) is 0 Å². The van der Waals surface area contributed by atoms with Crippen LogP contribution in [0.1, 0.15) is 59.4 Å². The molecule has 1 aromatic carbocycles. The van der Waals surface area contributed by atoms with Gasteiger partial charge >= 0.3 is 0 Å². The van der Waals surface area contributed by atoms with Crippen molar-refractivity contribution in [3.63, 3.8) is 0 Å². The van der Waals surface area contributed by atoms with Gasteiger partial charge in [-0.25, -0.2) is 4.21 Å². The van der Waals surface area contributed by atoms with Crippen molar-refractivity contribution in [1.82, 2.24) is 0 Å². The molecular weight excluding hydrogens is 256 g/mol. The number of hydrogen-bond acceptors (Lipinski definition) is 1. The van der Waals surface area contributed by atoms with Crippen LogP contribution < -0.4 is 0 Å². The van der Waals surface area contributed by atoms with Crippen molar-refractivity contribution >= 4 is 11.1 Å². The molecule has 0 aliphatic heterocycles. The number of hydrogen-bond donors (Lipinski definition) is 1. The highest BCUT2D eigenvalue weighted by atomic mass is 32.2. The van der Waals surface area contributed by atoms with Crippen molar-refractivity contribution < 1.29 is 8.76 Å². The minimum Gasteiger partial charge on any atom is -0.302 e. The van der Waals surface area contributed by atoms with E-state index in [-0.39, 0.29) is 10.8 Å². The first-order valence-corrected chi connectivity index (χ1v) is 7.82. The minimum atomic E-state index is -1.89. The molecule has 0 aliphatic rings. The third kappa shape index (κ3) is 5.07. The van der Waals surface area contributed by atoms with Gasteiger partial charge in [-0.05, 0) is 40.9 Å². The zero-order valence-corrected chi connectivity index (χ0v) is 13.7. The predicted octanol–water partition coefficient (Wildman–Crippen LogP) is 4.83. The van der Waals surface area contributed by atoms with E-state index in [9.17, 15) is 4.21 Å². The van der Waals surface area contributed by atoms with Crippen LogP contribution in [0.15, 0.2) is 29.2 Å². The molecule has 2 unspecified atom stereocenters. The van der Waals surface area contributed by atoms with Gasteiger partial charge in [-0.15, -0.1) is 0 Å². The molecule has 3 heteroatoms. The lowest BCUT2D eigenvalue weighted by Crippen LogP contribution is -2.23. The van der Waals surface area contributed by atoms with Gasteiger partial charge < -0.3 is 4.55 Å². The zero-order valence-electron chi connectivity index (χ0n) is 12.9. The molecule has 0 spiro atoms. The first kappa shape index (κ1) is 16.4. The van der Waals surface area contributed by atoms with Gasteiger partial charge in [0.1, 0.15) is 0 Å². The molecule has 19 heavy (non-hydrogen) atoms. The van der Waals surface area contributed by atoms with Gasteiger partial charge in [0, 0.05) is 0 Å². The Kier molecular flexibility index (Phi) is 4.97. The van der Waals surface area contributed by atoms with E-state index in [4.69, 9.17) is 4.55 Å².